The molecule has 1 fully saturated rings. The van der Waals surface area contributed by atoms with Gasteiger partial charge >= 0.3 is 0 Å². The highest BCUT2D eigenvalue weighted by Gasteiger charge is 2.37. The minimum atomic E-state index is -0.301. The third kappa shape index (κ3) is 3.50. The third-order valence-electron chi connectivity index (χ3n) is 4.32. The summed E-state index contributed by atoms with van der Waals surface area (Å²) >= 11 is 6.26. The number of hydrogen-bond donors (Lipinski definition) is 2. The van der Waals surface area contributed by atoms with E-state index in [9.17, 15) is 4.79 Å². The number of halogens is 1. The zero-order valence-corrected chi connectivity index (χ0v) is 13.8. The lowest BCUT2D eigenvalue weighted by Gasteiger charge is -2.35. The average Bonchev–Trinajstić information content (AvgIpc) is 2.47. The van der Waals surface area contributed by atoms with Crippen LogP contribution < -0.4 is 15.5 Å². The fourth-order valence-corrected chi connectivity index (χ4v) is 3.18. The Morgan fingerprint density at radius 3 is 2.76 bits per heavy atom. The molecular formula is C16H24ClN3O. The number of benzene rings is 1. The molecule has 0 saturated carbocycles. The van der Waals surface area contributed by atoms with Crippen LogP contribution in [0, 0.1) is 5.41 Å². The van der Waals surface area contributed by atoms with Crippen LogP contribution in [0.15, 0.2) is 18.2 Å². The second kappa shape index (κ2) is 6.67. The Morgan fingerprint density at radius 1 is 1.48 bits per heavy atom. The van der Waals surface area contributed by atoms with Crippen molar-refractivity contribution in [3.05, 3.63) is 23.2 Å². The van der Waals surface area contributed by atoms with E-state index in [1.165, 1.54) is 0 Å². The lowest BCUT2D eigenvalue weighted by molar-refractivity contribution is -0.126. The molecule has 1 atom stereocenters. The van der Waals surface area contributed by atoms with Gasteiger partial charge in [-0.1, -0.05) is 18.5 Å². The molecule has 1 aliphatic heterocycles. The van der Waals surface area contributed by atoms with Crippen LogP contribution in [0.2, 0.25) is 5.02 Å². The molecule has 21 heavy (non-hydrogen) atoms. The van der Waals surface area contributed by atoms with Crippen LogP contribution in [0.4, 0.5) is 11.4 Å². The van der Waals surface area contributed by atoms with Gasteiger partial charge in [-0.3, -0.25) is 4.79 Å². The van der Waals surface area contributed by atoms with Crippen molar-refractivity contribution in [3.8, 4) is 0 Å². The summed E-state index contributed by atoms with van der Waals surface area (Å²) in [6, 6.07) is 5.64. The van der Waals surface area contributed by atoms with E-state index in [1.54, 1.807) is 0 Å². The maximum atomic E-state index is 12.6. The third-order valence-corrected chi connectivity index (χ3v) is 4.62. The van der Waals surface area contributed by atoms with Crippen LogP contribution in [-0.4, -0.2) is 33.1 Å². The summed E-state index contributed by atoms with van der Waals surface area (Å²) in [6.07, 6.45) is 2.82. The van der Waals surface area contributed by atoms with E-state index in [4.69, 9.17) is 11.6 Å². The summed E-state index contributed by atoms with van der Waals surface area (Å²) in [4.78, 5) is 14.6. The van der Waals surface area contributed by atoms with Crippen LogP contribution in [0.25, 0.3) is 0 Å². The van der Waals surface area contributed by atoms with Gasteiger partial charge in [-0.05, 0) is 44.0 Å². The molecule has 1 aliphatic rings. The minimum Gasteiger partial charge on any atom is -0.376 e. The summed E-state index contributed by atoms with van der Waals surface area (Å²) in [5.41, 5.74) is 1.40. The van der Waals surface area contributed by atoms with E-state index in [1.807, 2.05) is 37.2 Å². The Balaban J connectivity index is 2.13. The Morgan fingerprint density at radius 2 is 2.24 bits per heavy atom. The molecule has 0 bridgehead atoms. The van der Waals surface area contributed by atoms with Crippen molar-refractivity contribution >= 4 is 28.9 Å². The van der Waals surface area contributed by atoms with Crippen LogP contribution >= 0.6 is 11.6 Å². The predicted molar refractivity (Wildman–Crippen MR) is 89.2 cm³/mol. The van der Waals surface area contributed by atoms with Gasteiger partial charge < -0.3 is 15.5 Å². The molecule has 116 valence electrons. The number of nitrogens with zero attached hydrogens (tertiary/aromatic N) is 1. The summed E-state index contributed by atoms with van der Waals surface area (Å²) in [5, 5.41) is 7.01. The van der Waals surface area contributed by atoms with E-state index in [-0.39, 0.29) is 11.3 Å². The van der Waals surface area contributed by atoms with Gasteiger partial charge in [0.1, 0.15) is 0 Å². The van der Waals surface area contributed by atoms with Crippen LogP contribution in [0.5, 0.6) is 0 Å². The fourth-order valence-electron chi connectivity index (χ4n) is 2.83. The Bertz CT molecular complexity index is 510. The number of anilines is 2. The van der Waals surface area contributed by atoms with Gasteiger partial charge in [0.25, 0.3) is 0 Å². The molecule has 1 saturated heterocycles. The number of nitrogens with one attached hydrogen (secondary N) is 2. The largest absolute Gasteiger partial charge is 0.376 e. The topological polar surface area (TPSA) is 44.4 Å². The number of carbonyl (C=O) groups is 1. The van der Waals surface area contributed by atoms with Gasteiger partial charge in [0.2, 0.25) is 5.91 Å². The molecule has 0 aliphatic carbocycles. The SMILES string of the molecule is CCC1(C(=O)Nc2ccc(N(C)C)c(Cl)c2)CCCNC1. The highest BCUT2D eigenvalue weighted by Crippen LogP contribution is 2.33. The maximum Gasteiger partial charge on any atom is 0.231 e. The molecular weight excluding hydrogens is 286 g/mol. The molecule has 5 heteroatoms. The molecule has 2 N–H and O–H groups in total. The van der Waals surface area contributed by atoms with Crippen molar-refractivity contribution in [2.45, 2.75) is 26.2 Å². The van der Waals surface area contributed by atoms with E-state index in [0.717, 1.165) is 43.7 Å². The zero-order valence-electron chi connectivity index (χ0n) is 13.0. The van der Waals surface area contributed by atoms with Crippen LogP contribution in [0.3, 0.4) is 0 Å². The first kappa shape index (κ1) is 16.1. The molecule has 4 nitrogen and oxygen atoms in total. The summed E-state index contributed by atoms with van der Waals surface area (Å²) in [7, 11) is 3.89. The zero-order chi connectivity index (χ0) is 15.5. The number of rotatable bonds is 4. The average molecular weight is 310 g/mol. The van der Waals surface area contributed by atoms with Crippen molar-refractivity contribution in [3.63, 3.8) is 0 Å². The van der Waals surface area contributed by atoms with Crippen molar-refractivity contribution in [1.82, 2.24) is 5.32 Å². The van der Waals surface area contributed by atoms with Gasteiger partial charge in [0.05, 0.1) is 16.1 Å². The van der Waals surface area contributed by atoms with Crippen molar-refractivity contribution in [1.29, 1.82) is 0 Å². The molecule has 1 aromatic carbocycles. The van der Waals surface area contributed by atoms with Crippen molar-refractivity contribution in [2.24, 2.45) is 5.41 Å². The summed E-state index contributed by atoms with van der Waals surface area (Å²) in [6.45, 7) is 3.83. The first-order chi connectivity index (χ1) is 9.98. The maximum absolute atomic E-state index is 12.6. The molecule has 0 radical (unpaired) electrons. The minimum absolute atomic E-state index is 0.0888. The van der Waals surface area contributed by atoms with Gasteiger partial charge in [0, 0.05) is 26.3 Å². The Hall–Kier alpha value is -1.26. The summed E-state index contributed by atoms with van der Waals surface area (Å²) < 4.78 is 0. The molecule has 1 heterocycles. The number of carbonyl (C=O) groups excluding carboxylic acids is 1. The van der Waals surface area contributed by atoms with Gasteiger partial charge in [0.15, 0.2) is 0 Å². The predicted octanol–water partition coefficient (Wildman–Crippen LogP) is 3.12. The van der Waals surface area contributed by atoms with Crippen molar-refractivity contribution in [2.75, 3.05) is 37.4 Å². The highest BCUT2D eigenvalue weighted by atomic mass is 35.5. The number of amides is 1. The van der Waals surface area contributed by atoms with Gasteiger partial charge in [-0.25, -0.2) is 0 Å². The Kier molecular flexibility index (Phi) is 5.12. The van der Waals surface area contributed by atoms with Crippen LogP contribution in [0.1, 0.15) is 26.2 Å². The molecule has 2 rings (SSSR count). The Labute approximate surface area is 131 Å². The second-order valence-electron chi connectivity index (χ2n) is 5.93. The summed E-state index contributed by atoms with van der Waals surface area (Å²) in [5.74, 6) is 0.0888. The normalized spacial score (nSPS) is 21.9. The quantitative estimate of drug-likeness (QED) is 0.898. The van der Waals surface area contributed by atoms with Crippen molar-refractivity contribution < 1.29 is 4.79 Å². The molecule has 0 spiro atoms. The molecule has 1 amide bonds. The highest BCUT2D eigenvalue weighted by molar-refractivity contribution is 6.33. The second-order valence-corrected chi connectivity index (χ2v) is 6.34. The van der Waals surface area contributed by atoms with Gasteiger partial charge in [-0.15, -0.1) is 0 Å². The van der Waals surface area contributed by atoms with E-state index in [0.29, 0.717) is 5.02 Å². The lowest BCUT2D eigenvalue weighted by Crippen LogP contribution is -2.47. The van der Waals surface area contributed by atoms with E-state index in [2.05, 4.69) is 17.6 Å². The first-order valence-corrected chi connectivity index (χ1v) is 7.85. The molecule has 1 aromatic rings. The first-order valence-electron chi connectivity index (χ1n) is 7.47. The van der Waals surface area contributed by atoms with Crippen LogP contribution in [-0.2, 0) is 4.79 Å². The molecule has 1 unspecified atom stereocenters. The smallest absolute Gasteiger partial charge is 0.231 e. The standard InChI is InChI=1S/C16H24ClN3O/c1-4-16(8-5-9-18-11-16)15(21)19-12-6-7-14(20(2)3)13(17)10-12/h6-7,10,18H,4-5,8-9,11H2,1-3H3,(H,19,21). The lowest BCUT2D eigenvalue weighted by atomic mass is 9.77. The monoisotopic (exact) mass is 309 g/mol. The van der Waals surface area contributed by atoms with E-state index < -0.39 is 0 Å². The van der Waals surface area contributed by atoms with Gasteiger partial charge in [-0.2, -0.15) is 0 Å². The molecule has 0 aromatic heterocycles. The van der Waals surface area contributed by atoms with E-state index >= 15 is 0 Å². The fraction of sp³-hybridized carbons (Fsp3) is 0.562. The number of hydrogen-bond acceptors (Lipinski definition) is 3. The number of piperidine rings is 1.